The number of methoxy groups -OCH3 is 2. The number of nitrogens with zero attached hydrogens (tertiary/aromatic N) is 1. The molecule has 4 aliphatic rings. The molecule has 2 fully saturated rings. The first-order valence-electron chi connectivity index (χ1n) is 8.86. The molecule has 1 saturated heterocycles. The molecule has 132 valence electrons. The molecule has 6 heteroatoms. The smallest absolute Gasteiger partial charge is 0.409 e. The average Bonchev–Trinajstić information content (AvgIpc) is 2.95. The zero-order valence-electron chi connectivity index (χ0n) is 14.4. The monoisotopic (exact) mass is 343 g/mol. The molecule has 1 saturated carbocycles. The number of ketones is 1. The summed E-state index contributed by atoms with van der Waals surface area (Å²) in [7, 11) is 3.05. The molecule has 2 aliphatic carbocycles. The number of benzene rings is 1. The molecule has 0 N–H and O–H groups in total. The van der Waals surface area contributed by atoms with Gasteiger partial charge in [-0.25, -0.2) is 4.79 Å². The van der Waals surface area contributed by atoms with Crippen LogP contribution in [-0.4, -0.2) is 49.7 Å². The summed E-state index contributed by atoms with van der Waals surface area (Å²) >= 11 is 0. The first kappa shape index (κ1) is 15.0. The van der Waals surface area contributed by atoms with Crippen molar-refractivity contribution in [3.63, 3.8) is 0 Å². The topological polar surface area (TPSA) is 65.1 Å². The Labute approximate surface area is 146 Å². The minimum absolute atomic E-state index is 0.0113. The molecule has 0 aromatic heterocycles. The van der Waals surface area contributed by atoms with Gasteiger partial charge in [0.15, 0.2) is 11.5 Å². The Balaban J connectivity index is 1.74. The van der Waals surface area contributed by atoms with E-state index >= 15 is 0 Å². The van der Waals surface area contributed by atoms with Gasteiger partial charge >= 0.3 is 6.09 Å². The second kappa shape index (κ2) is 4.90. The summed E-state index contributed by atoms with van der Waals surface area (Å²) in [5, 5.41) is 0. The molecule has 25 heavy (non-hydrogen) atoms. The van der Waals surface area contributed by atoms with Gasteiger partial charge in [0.05, 0.1) is 20.1 Å². The third-order valence-electron chi connectivity index (χ3n) is 6.67. The highest BCUT2D eigenvalue weighted by atomic mass is 16.5. The second-order valence-electron chi connectivity index (χ2n) is 7.45. The summed E-state index contributed by atoms with van der Waals surface area (Å²) in [5.41, 5.74) is 2.01. The zero-order valence-corrected chi connectivity index (χ0v) is 14.4. The number of ether oxygens (including phenoxy) is 3. The van der Waals surface area contributed by atoms with Crippen molar-refractivity contribution in [2.24, 2.45) is 5.92 Å². The SMILES string of the molecule is COC(=O)N1CC[C@]23c4c5ccc(OC)c4O[C@H]2CCC(=O)[C@H]3[C@H]1C5. The van der Waals surface area contributed by atoms with Crippen molar-refractivity contribution in [2.45, 2.75) is 43.2 Å². The first-order valence-corrected chi connectivity index (χ1v) is 8.86. The van der Waals surface area contributed by atoms with Crippen LogP contribution in [0, 0.1) is 5.92 Å². The Morgan fingerprint density at radius 2 is 2.20 bits per heavy atom. The van der Waals surface area contributed by atoms with Crippen molar-refractivity contribution in [1.82, 2.24) is 4.90 Å². The highest BCUT2D eigenvalue weighted by Gasteiger charge is 2.66. The Morgan fingerprint density at radius 3 is 2.96 bits per heavy atom. The summed E-state index contributed by atoms with van der Waals surface area (Å²) in [6.07, 6.45) is 2.28. The van der Waals surface area contributed by atoms with Crippen LogP contribution in [0.1, 0.15) is 30.4 Å². The molecular weight excluding hydrogens is 322 g/mol. The molecule has 1 amide bonds. The molecular formula is C19H21NO5. The van der Waals surface area contributed by atoms with Crippen molar-refractivity contribution in [2.75, 3.05) is 20.8 Å². The molecule has 2 bridgehead atoms. The maximum absolute atomic E-state index is 13.0. The number of piperidine rings is 1. The third kappa shape index (κ3) is 1.65. The number of likely N-dealkylation sites (tertiary alicyclic amines) is 1. The van der Waals surface area contributed by atoms with E-state index in [0.717, 1.165) is 29.9 Å². The van der Waals surface area contributed by atoms with Crippen LogP contribution in [0.4, 0.5) is 4.79 Å². The Bertz CT molecular complexity index is 790. The lowest BCUT2D eigenvalue weighted by atomic mass is 9.51. The van der Waals surface area contributed by atoms with Gasteiger partial charge in [-0.2, -0.15) is 0 Å². The van der Waals surface area contributed by atoms with E-state index in [1.807, 2.05) is 6.07 Å². The minimum Gasteiger partial charge on any atom is -0.493 e. The van der Waals surface area contributed by atoms with Gasteiger partial charge in [-0.3, -0.25) is 4.79 Å². The minimum atomic E-state index is -0.342. The lowest BCUT2D eigenvalue weighted by molar-refractivity contribution is -0.139. The molecule has 1 aromatic rings. The summed E-state index contributed by atoms with van der Waals surface area (Å²) in [4.78, 5) is 27.0. The summed E-state index contributed by atoms with van der Waals surface area (Å²) in [5.74, 6) is 1.59. The Hall–Kier alpha value is -2.24. The zero-order chi connectivity index (χ0) is 17.3. The van der Waals surface area contributed by atoms with E-state index in [1.165, 1.54) is 12.7 Å². The van der Waals surface area contributed by atoms with E-state index in [4.69, 9.17) is 14.2 Å². The van der Waals surface area contributed by atoms with Crippen molar-refractivity contribution in [1.29, 1.82) is 0 Å². The van der Waals surface area contributed by atoms with Gasteiger partial charge in [0.2, 0.25) is 0 Å². The van der Waals surface area contributed by atoms with Crippen LogP contribution in [0.15, 0.2) is 12.1 Å². The van der Waals surface area contributed by atoms with Gasteiger partial charge in [-0.05, 0) is 30.9 Å². The normalized spacial score (nSPS) is 34.2. The predicted octanol–water partition coefficient (Wildman–Crippen LogP) is 2.07. The van der Waals surface area contributed by atoms with Crippen LogP contribution >= 0.6 is 0 Å². The molecule has 5 rings (SSSR count). The number of hydrogen-bond acceptors (Lipinski definition) is 5. The van der Waals surface area contributed by atoms with Gasteiger partial charge in [0.25, 0.3) is 0 Å². The predicted molar refractivity (Wildman–Crippen MR) is 88.0 cm³/mol. The second-order valence-corrected chi connectivity index (χ2v) is 7.45. The molecule has 1 spiro atoms. The molecule has 6 nitrogen and oxygen atoms in total. The van der Waals surface area contributed by atoms with Gasteiger partial charge in [0.1, 0.15) is 11.9 Å². The van der Waals surface area contributed by atoms with Crippen LogP contribution < -0.4 is 9.47 Å². The van der Waals surface area contributed by atoms with Gasteiger partial charge < -0.3 is 19.1 Å². The molecule has 0 unspecified atom stereocenters. The number of carbonyl (C=O) groups is 2. The molecule has 2 aliphatic heterocycles. The van der Waals surface area contributed by atoms with Crippen molar-refractivity contribution in [3.05, 3.63) is 23.3 Å². The largest absolute Gasteiger partial charge is 0.493 e. The maximum Gasteiger partial charge on any atom is 0.409 e. The van der Waals surface area contributed by atoms with E-state index in [1.54, 1.807) is 12.0 Å². The van der Waals surface area contributed by atoms with Crippen LogP contribution in [0.5, 0.6) is 11.5 Å². The summed E-state index contributed by atoms with van der Waals surface area (Å²) in [6, 6.07) is 3.85. The highest BCUT2D eigenvalue weighted by Crippen LogP contribution is 2.63. The van der Waals surface area contributed by atoms with Crippen molar-refractivity contribution >= 4 is 11.9 Å². The molecule has 1 aromatic carbocycles. The van der Waals surface area contributed by atoms with E-state index in [9.17, 15) is 9.59 Å². The standard InChI is InChI=1S/C19H21NO5/c1-23-13-5-3-10-9-11-16-12(21)4-6-14-19(16,15(10)17(13)25-14)7-8-20(11)18(22)24-2/h3,5,11,14,16H,4,6-9H2,1-2H3/t11-,14+,16-,19-/m1/s1. The maximum atomic E-state index is 13.0. The van der Waals surface area contributed by atoms with E-state index in [2.05, 4.69) is 6.07 Å². The number of Topliss-reactive ketones (excluding diaryl/α,β-unsaturated/α-hetero) is 1. The summed E-state index contributed by atoms with van der Waals surface area (Å²) < 4.78 is 16.9. The van der Waals surface area contributed by atoms with E-state index in [0.29, 0.717) is 19.4 Å². The Kier molecular flexibility index (Phi) is 2.95. The van der Waals surface area contributed by atoms with Crippen LogP contribution in [0.2, 0.25) is 0 Å². The van der Waals surface area contributed by atoms with Gasteiger partial charge in [-0.1, -0.05) is 6.07 Å². The third-order valence-corrected chi connectivity index (χ3v) is 6.67. The van der Waals surface area contributed by atoms with E-state index in [-0.39, 0.29) is 35.4 Å². The number of carbonyl (C=O) groups excluding carboxylic acids is 2. The number of rotatable bonds is 1. The van der Waals surface area contributed by atoms with Crippen molar-refractivity contribution in [3.8, 4) is 11.5 Å². The lowest BCUT2D eigenvalue weighted by Gasteiger charge is -2.56. The fourth-order valence-corrected chi connectivity index (χ4v) is 5.81. The molecule has 0 radical (unpaired) electrons. The first-order chi connectivity index (χ1) is 12.1. The fourth-order valence-electron chi connectivity index (χ4n) is 5.81. The lowest BCUT2D eigenvalue weighted by Crippen LogP contribution is -2.67. The van der Waals surface area contributed by atoms with Gasteiger partial charge in [0, 0.05) is 30.0 Å². The molecule has 4 atom stereocenters. The van der Waals surface area contributed by atoms with Crippen molar-refractivity contribution < 1.29 is 23.8 Å². The molecule has 2 heterocycles. The van der Waals surface area contributed by atoms with Crippen LogP contribution in [-0.2, 0) is 21.4 Å². The van der Waals surface area contributed by atoms with Crippen LogP contribution in [0.25, 0.3) is 0 Å². The van der Waals surface area contributed by atoms with E-state index < -0.39 is 0 Å². The quantitative estimate of drug-likeness (QED) is 0.781. The summed E-state index contributed by atoms with van der Waals surface area (Å²) in [6.45, 7) is 0.594. The number of hydrogen-bond donors (Lipinski definition) is 0. The number of amides is 1. The highest BCUT2D eigenvalue weighted by molar-refractivity contribution is 5.88. The fraction of sp³-hybridized carbons (Fsp3) is 0.579. The van der Waals surface area contributed by atoms with Crippen LogP contribution in [0.3, 0.4) is 0 Å². The van der Waals surface area contributed by atoms with Gasteiger partial charge in [-0.15, -0.1) is 0 Å². The Morgan fingerprint density at radius 1 is 1.36 bits per heavy atom. The average molecular weight is 343 g/mol.